The second kappa shape index (κ2) is 6.56. The van der Waals surface area contributed by atoms with Crippen LogP contribution in [0.2, 0.25) is 0 Å². The topological polar surface area (TPSA) is 89.7 Å². The second-order valence-electron chi connectivity index (χ2n) is 3.92. The number of ether oxygens (including phenoxy) is 1. The summed E-state index contributed by atoms with van der Waals surface area (Å²) in [5.74, 6) is -0.224. The van der Waals surface area contributed by atoms with Crippen LogP contribution in [0.3, 0.4) is 0 Å². The summed E-state index contributed by atoms with van der Waals surface area (Å²) in [6.07, 6.45) is 0. The van der Waals surface area contributed by atoms with Gasteiger partial charge in [-0.2, -0.15) is 0 Å². The van der Waals surface area contributed by atoms with Gasteiger partial charge in [0.2, 0.25) is 0 Å². The third-order valence-corrected chi connectivity index (χ3v) is 4.26. The van der Waals surface area contributed by atoms with Crippen molar-refractivity contribution in [1.82, 2.24) is 0 Å². The fourth-order valence-corrected chi connectivity index (χ4v) is 2.57. The number of nitro benzene ring substituents is 1. The summed E-state index contributed by atoms with van der Waals surface area (Å²) in [6.45, 7) is 0. The van der Waals surface area contributed by atoms with E-state index < -0.39 is 10.9 Å². The number of nitrogens with zero attached hydrogens (tertiary/aromatic N) is 1. The number of hydrogen-bond donors (Lipinski definition) is 1. The van der Waals surface area contributed by atoms with Crippen molar-refractivity contribution in [1.29, 1.82) is 0 Å². The third-order valence-electron chi connectivity index (χ3n) is 2.52. The summed E-state index contributed by atoms with van der Waals surface area (Å²) in [5, 5.41) is 19.7. The van der Waals surface area contributed by atoms with E-state index in [1.54, 1.807) is 6.07 Å². The highest BCUT2D eigenvalue weighted by Crippen LogP contribution is 2.32. The Labute approximate surface area is 146 Å². The molecule has 0 aliphatic carbocycles. The molecule has 0 aliphatic rings. The molecular weight excluding hydrogens is 504 g/mol. The first-order valence-electron chi connectivity index (χ1n) is 5.53. The lowest BCUT2D eigenvalue weighted by atomic mass is 10.2. The molecule has 0 heterocycles. The zero-order valence-electron chi connectivity index (χ0n) is 10.2. The molecule has 21 heavy (non-hydrogen) atoms. The van der Waals surface area contributed by atoms with Crippen molar-refractivity contribution in [2.75, 3.05) is 0 Å². The van der Waals surface area contributed by atoms with Crippen LogP contribution in [0.1, 0.15) is 10.4 Å². The van der Waals surface area contributed by atoms with Gasteiger partial charge in [0.05, 0.1) is 17.6 Å². The molecule has 0 aromatic heterocycles. The van der Waals surface area contributed by atoms with Gasteiger partial charge in [0.1, 0.15) is 11.5 Å². The van der Waals surface area contributed by atoms with Crippen LogP contribution >= 0.6 is 45.2 Å². The highest BCUT2D eigenvalue weighted by Gasteiger charge is 2.13. The molecule has 0 aliphatic heterocycles. The lowest BCUT2D eigenvalue weighted by molar-refractivity contribution is -0.385. The van der Waals surface area contributed by atoms with E-state index in [1.165, 1.54) is 30.3 Å². The van der Waals surface area contributed by atoms with E-state index in [2.05, 4.69) is 0 Å². The van der Waals surface area contributed by atoms with Crippen molar-refractivity contribution in [2.24, 2.45) is 0 Å². The Balaban J connectivity index is 2.36. The number of halogens is 2. The number of hydrogen-bond acceptors (Lipinski definition) is 4. The number of nitro groups is 1. The first kappa shape index (κ1) is 15.9. The van der Waals surface area contributed by atoms with Gasteiger partial charge in [0.25, 0.3) is 5.69 Å². The summed E-state index contributed by atoms with van der Waals surface area (Å²) < 4.78 is 6.97. The first-order chi connectivity index (χ1) is 9.88. The van der Waals surface area contributed by atoms with Gasteiger partial charge < -0.3 is 9.84 Å². The Morgan fingerprint density at radius 2 is 1.81 bits per heavy atom. The summed E-state index contributed by atoms with van der Waals surface area (Å²) in [7, 11) is 0. The van der Waals surface area contributed by atoms with Crippen LogP contribution in [0.25, 0.3) is 0 Å². The first-order valence-corrected chi connectivity index (χ1v) is 7.69. The molecule has 2 aromatic rings. The van der Waals surface area contributed by atoms with Crippen molar-refractivity contribution in [3.05, 3.63) is 59.2 Å². The maximum atomic E-state index is 11.0. The van der Waals surface area contributed by atoms with Crippen LogP contribution in [0.5, 0.6) is 11.5 Å². The second-order valence-corrected chi connectivity index (χ2v) is 6.25. The fraction of sp³-hybridized carbons (Fsp3) is 0. The lowest BCUT2D eigenvalue weighted by Crippen LogP contribution is -1.98. The molecule has 2 aromatic carbocycles. The predicted molar refractivity (Wildman–Crippen MR) is 92.0 cm³/mol. The fourth-order valence-electron chi connectivity index (χ4n) is 1.52. The Morgan fingerprint density at radius 3 is 2.38 bits per heavy atom. The number of benzene rings is 2. The molecule has 2 rings (SSSR count). The zero-order chi connectivity index (χ0) is 15.6. The zero-order valence-corrected chi connectivity index (χ0v) is 14.6. The van der Waals surface area contributed by atoms with E-state index in [0.29, 0.717) is 15.1 Å². The smallest absolute Gasteiger partial charge is 0.335 e. The molecule has 0 saturated heterocycles. The van der Waals surface area contributed by atoms with Crippen LogP contribution in [0.4, 0.5) is 5.69 Å². The van der Waals surface area contributed by atoms with E-state index in [1.807, 2.05) is 45.2 Å². The third kappa shape index (κ3) is 3.81. The summed E-state index contributed by atoms with van der Waals surface area (Å²) in [4.78, 5) is 21.2. The van der Waals surface area contributed by atoms with Gasteiger partial charge in [-0.1, -0.05) is 0 Å². The highest BCUT2D eigenvalue weighted by molar-refractivity contribution is 14.1. The van der Waals surface area contributed by atoms with Gasteiger partial charge in [-0.05, 0) is 69.4 Å². The average molecular weight is 511 g/mol. The molecule has 6 nitrogen and oxygen atoms in total. The SMILES string of the molecule is O=C(O)c1ccc(I)c(Oc2ccc([N+](=O)[O-])cc2I)c1. The Bertz CT molecular complexity index is 732. The van der Waals surface area contributed by atoms with Crippen molar-refractivity contribution in [3.63, 3.8) is 0 Å². The number of carbonyl (C=O) groups is 1. The number of non-ortho nitro benzene ring substituents is 1. The molecule has 0 amide bonds. The van der Waals surface area contributed by atoms with E-state index in [0.717, 1.165) is 3.57 Å². The Hall–Kier alpha value is -1.43. The molecular formula is C13H7I2NO5. The largest absolute Gasteiger partial charge is 0.478 e. The molecule has 108 valence electrons. The van der Waals surface area contributed by atoms with Crippen LogP contribution in [-0.4, -0.2) is 16.0 Å². The monoisotopic (exact) mass is 511 g/mol. The highest BCUT2D eigenvalue weighted by atomic mass is 127. The normalized spacial score (nSPS) is 10.2. The van der Waals surface area contributed by atoms with Crippen LogP contribution < -0.4 is 4.74 Å². The average Bonchev–Trinajstić information content (AvgIpc) is 2.42. The molecule has 0 radical (unpaired) electrons. The van der Waals surface area contributed by atoms with Crippen LogP contribution in [0.15, 0.2) is 36.4 Å². The molecule has 0 bridgehead atoms. The number of rotatable bonds is 4. The van der Waals surface area contributed by atoms with Gasteiger partial charge in [-0.15, -0.1) is 0 Å². The molecule has 0 saturated carbocycles. The summed E-state index contributed by atoms with van der Waals surface area (Å²) in [5.41, 5.74) is 0.0862. The minimum absolute atomic E-state index is 0.0271. The molecule has 0 atom stereocenters. The molecule has 1 N–H and O–H groups in total. The number of carboxylic acid groups (broad SMARTS) is 1. The van der Waals surface area contributed by atoms with Crippen molar-refractivity contribution in [2.45, 2.75) is 0 Å². The standard InChI is InChI=1S/C13H7I2NO5/c14-9-3-1-7(13(17)18)5-12(9)21-11-4-2-8(16(19)20)6-10(11)15/h1-6H,(H,17,18). The van der Waals surface area contributed by atoms with Gasteiger partial charge in [-0.3, -0.25) is 10.1 Å². The minimum Gasteiger partial charge on any atom is -0.478 e. The van der Waals surface area contributed by atoms with Gasteiger partial charge in [0.15, 0.2) is 0 Å². The molecule has 0 spiro atoms. The van der Waals surface area contributed by atoms with E-state index in [9.17, 15) is 14.9 Å². The maximum absolute atomic E-state index is 11.0. The Morgan fingerprint density at radius 1 is 1.10 bits per heavy atom. The van der Waals surface area contributed by atoms with E-state index in [4.69, 9.17) is 9.84 Å². The minimum atomic E-state index is -1.05. The molecule has 0 fully saturated rings. The van der Waals surface area contributed by atoms with Crippen molar-refractivity contribution >= 4 is 56.8 Å². The van der Waals surface area contributed by atoms with Gasteiger partial charge >= 0.3 is 5.97 Å². The number of carboxylic acids is 1. The maximum Gasteiger partial charge on any atom is 0.335 e. The van der Waals surface area contributed by atoms with Crippen molar-refractivity contribution < 1.29 is 19.6 Å². The van der Waals surface area contributed by atoms with Crippen molar-refractivity contribution in [3.8, 4) is 11.5 Å². The number of aromatic carboxylic acids is 1. The van der Waals surface area contributed by atoms with Crippen LogP contribution in [-0.2, 0) is 0 Å². The lowest BCUT2D eigenvalue weighted by Gasteiger charge is -2.10. The van der Waals surface area contributed by atoms with E-state index in [-0.39, 0.29) is 11.3 Å². The van der Waals surface area contributed by atoms with Crippen LogP contribution in [0, 0.1) is 17.3 Å². The van der Waals surface area contributed by atoms with E-state index >= 15 is 0 Å². The summed E-state index contributed by atoms with van der Waals surface area (Å²) >= 11 is 3.96. The van der Waals surface area contributed by atoms with Gasteiger partial charge in [-0.25, -0.2) is 4.79 Å². The molecule has 0 unspecified atom stereocenters. The molecule has 8 heteroatoms. The predicted octanol–water partition coefficient (Wildman–Crippen LogP) is 4.29. The van der Waals surface area contributed by atoms with Gasteiger partial charge in [0, 0.05) is 12.1 Å². The summed E-state index contributed by atoms with van der Waals surface area (Å²) in [6, 6.07) is 8.76. The Kier molecular flexibility index (Phi) is 4.98. The quantitative estimate of drug-likeness (QED) is 0.376.